The van der Waals surface area contributed by atoms with Gasteiger partial charge >= 0.3 is 6.18 Å². The summed E-state index contributed by atoms with van der Waals surface area (Å²) < 4.78 is 38.7. The molecule has 1 atom stereocenters. The number of aromatic nitrogens is 1. The number of aryl methyl sites for hydroxylation is 2. The summed E-state index contributed by atoms with van der Waals surface area (Å²) in [5, 5.41) is 3.27. The molecule has 1 aromatic heterocycles. The number of nitrogens with one attached hydrogen (secondary N) is 1. The molecule has 142 valence electrons. The Kier molecular flexibility index (Phi) is 4.41. The average molecular weight is 395 g/mol. The molecule has 1 unspecified atom stereocenters. The fourth-order valence-electron chi connectivity index (χ4n) is 3.43. The molecule has 0 spiro atoms. The SMILES string of the molecule is O=C(Nc1nc2c(s1)CCC2)C1CC(=O)N(c2cccc(C(F)(F)F)c2)C1. The number of carbonyl (C=O) groups excluding carboxylic acids is 2. The van der Waals surface area contributed by atoms with E-state index in [0.717, 1.165) is 37.1 Å². The molecule has 1 aliphatic carbocycles. The number of amides is 2. The van der Waals surface area contributed by atoms with Gasteiger partial charge in [-0.25, -0.2) is 4.98 Å². The van der Waals surface area contributed by atoms with Crippen LogP contribution in [-0.2, 0) is 28.6 Å². The zero-order chi connectivity index (χ0) is 19.2. The van der Waals surface area contributed by atoms with E-state index in [0.29, 0.717) is 5.13 Å². The molecule has 2 amide bonds. The molecule has 9 heteroatoms. The van der Waals surface area contributed by atoms with Gasteiger partial charge in [-0.1, -0.05) is 6.07 Å². The van der Waals surface area contributed by atoms with Gasteiger partial charge < -0.3 is 10.2 Å². The Hall–Kier alpha value is -2.42. The van der Waals surface area contributed by atoms with Gasteiger partial charge in [-0.2, -0.15) is 13.2 Å². The summed E-state index contributed by atoms with van der Waals surface area (Å²) in [6.45, 7) is 0.0526. The normalized spacial score (nSPS) is 19.4. The number of thiazole rings is 1. The van der Waals surface area contributed by atoms with Gasteiger partial charge in [-0.05, 0) is 37.5 Å². The second-order valence-electron chi connectivity index (χ2n) is 6.69. The van der Waals surface area contributed by atoms with Gasteiger partial charge in [0.25, 0.3) is 0 Å². The minimum atomic E-state index is -4.49. The molecule has 2 aromatic rings. The highest BCUT2D eigenvalue weighted by Gasteiger charge is 2.37. The summed E-state index contributed by atoms with van der Waals surface area (Å²) in [4.78, 5) is 31.6. The van der Waals surface area contributed by atoms with Crippen molar-refractivity contribution in [2.45, 2.75) is 31.9 Å². The van der Waals surface area contributed by atoms with Gasteiger partial charge in [0.1, 0.15) is 0 Å². The number of hydrogen-bond donors (Lipinski definition) is 1. The van der Waals surface area contributed by atoms with E-state index in [4.69, 9.17) is 0 Å². The Morgan fingerprint density at radius 2 is 2.11 bits per heavy atom. The van der Waals surface area contributed by atoms with Gasteiger partial charge in [0.2, 0.25) is 11.8 Å². The molecule has 2 aliphatic rings. The summed E-state index contributed by atoms with van der Waals surface area (Å²) in [5.74, 6) is -1.31. The molecule has 0 saturated carbocycles. The molecular formula is C18H16F3N3O2S. The summed E-state index contributed by atoms with van der Waals surface area (Å²) in [7, 11) is 0. The monoisotopic (exact) mass is 395 g/mol. The Bertz CT molecular complexity index is 888. The zero-order valence-electron chi connectivity index (χ0n) is 14.2. The first-order valence-electron chi connectivity index (χ1n) is 8.58. The molecule has 5 nitrogen and oxygen atoms in total. The first-order chi connectivity index (χ1) is 12.8. The number of rotatable bonds is 3. The molecular weight excluding hydrogens is 379 g/mol. The second kappa shape index (κ2) is 6.63. The first kappa shape index (κ1) is 18.0. The van der Waals surface area contributed by atoms with Gasteiger partial charge in [0.15, 0.2) is 5.13 Å². The fourth-order valence-corrected chi connectivity index (χ4v) is 4.49. The highest BCUT2D eigenvalue weighted by Crippen LogP contribution is 2.34. The summed E-state index contributed by atoms with van der Waals surface area (Å²) in [5.41, 5.74) is 0.347. The minimum absolute atomic E-state index is 0.0346. The predicted octanol–water partition coefficient (Wildman–Crippen LogP) is 3.64. The van der Waals surface area contributed by atoms with Crippen LogP contribution in [0.3, 0.4) is 0 Å². The first-order valence-corrected chi connectivity index (χ1v) is 9.40. The van der Waals surface area contributed by atoms with E-state index >= 15 is 0 Å². The highest BCUT2D eigenvalue weighted by molar-refractivity contribution is 7.15. The number of nitrogens with zero attached hydrogens (tertiary/aromatic N) is 2. The van der Waals surface area contributed by atoms with Crippen LogP contribution in [0.15, 0.2) is 24.3 Å². The molecule has 1 N–H and O–H groups in total. The number of halogens is 3. The highest BCUT2D eigenvalue weighted by atomic mass is 32.1. The van der Waals surface area contributed by atoms with E-state index in [2.05, 4.69) is 10.3 Å². The average Bonchev–Trinajstić information content (AvgIpc) is 3.28. The maximum Gasteiger partial charge on any atom is 0.416 e. The van der Waals surface area contributed by atoms with Crippen LogP contribution in [0.1, 0.15) is 29.0 Å². The largest absolute Gasteiger partial charge is 0.416 e. The summed E-state index contributed by atoms with van der Waals surface area (Å²) in [6.07, 6.45) is -1.57. The quantitative estimate of drug-likeness (QED) is 0.863. The van der Waals surface area contributed by atoms with E-state index in [1.807, 2.05) is 0 Å². The lowest BCUT2D eigenvalue weighted by Gasteiger charge is -2.18. The Morgan fingerprint density at radius 3 is 2.85 bits per heavy atom. The molecule has 1 aromatic carbocycles. The lowest BCUT2D eigenvalue weighted by molar-refractivity contribution is -0.137. The molecule has 1 aliphatic heterocycles. The van der Waals surface area contributed by atoms with Crippen LogP contribution < -0.4 is 10.2 Å². The van der Waals surface area contributed by atoms with E-state index in [1.54, 1.807) is 0 Å². The van der Waals surface area contributed by atoms with Crippen molar-refractivity contribution in [3.8, 4) is 0 Å². The van der Waals surface area contributed by atoms with Crippen LogP contribution in [0.25, 0.3) is 0 Å². The summed E-state index contributed by atoms with van der Waals surface area (Å²) >= 11 is 1.45. The van der Waals surface area contributed by atoms with Gasteiger partial charge in [-0.15, -0.1) is 11.3 Å². The third-order valence-corrected chi connectivity index (χ3v) is 5.88. The number of benzene rings is 1. The smallest absolute Gasteiger partial charge is 0.312 e. The van der Waals surface area contributed by atoms with Crippen molar-refractivity contribution in [1.29, 1.82) is 0 Å². The number of hydrogen-bond acceptors (Lipinski definition) is 4. The van der Waals surface area contributed by atoms with Crippen molar-refractivity contribution >= 4 is 34.0 Å². The van der Waals surface area contributed by atoms with Crippen LogP contribution in [0, 0.1) is 5.92 Å². The predicted molar refractivity (Wildman–Crippen MR) is 94.7 cm³/mol. The standard InChI is InChI=1S/C18H16F3N3O2S/c19-18(20,21)11-3-1-4-12(8-11)24-9-10(7-15(24)25)16(26)23-17-22-13-5-2-6-14(13)27-17/h1,3-4,8,10H,2,5-7,9H2,(H,22,23,26). The Labute approximate surface area is 157 Å². The molecule has 4 rings (SSSR count). The molecule has 1 saturated heterocycles. The molecule has 2 heterocycles. The summed E-state index contributed by atoms with van der Waals surface area (Å²) in [6, 6.07) is 4.59. The number of anilines is 2. The topological polar surface area (TPSA) is 62.3 Å². The van der Waals surface area contributed by atoms with Crippen molar-refractivity contribution in [3.63, 3.8) is 0 Å². The number of alkyl halides is 3. The van der Waals surface area contributed by atoms with E-state index in [1.165, 1.54) is 33.2 Å². The van der Waals surface area contributed by atoms with Crippen LogP contribution in [0.4, 0.5) is 24.0 Å². The second-order valence-corrected chi connectivity index (χ2v) is 7.77. The van der Waals surface area contributed by atoms with Gasteiger partial charge in [0, 0.05) is 23.5 Å². The third-order valence-electron chi connectivity index (χ3n) is 4.81. The molecule has 0 bridgehead atoms. The van der Waals surface area contributed by atoms with Crippen molar-refractivity contribution in [3.05, 3.63) is 40.4 Å². The van der Waals surface area contributed by atoms with Crippen molar-refractivity contribution in [2.24, 2.45) is 5.92 Å². The molecule has 27 heavy (non-hydrogen) atoms. The Balaban J connectivity index is 1.46. The van der Waals surface area contributed by atoms with Crippen molar-refractivity contribution in [2.75, 3.05) is 16.8 Å². The number of fused-ring (bicyclic) bond motifs is 1. The maximum absolute atomic E-state index is 12.9. The van der Waals surface area contributed by atoms with Crippen molar-refractivity contribution < 1.29 is 22.8 Å². The van der Waals surface area contributed by atoms with Crippen LogP contribution in [-0.4, -0.2) is 23.3 Å². The molecule has 1 fully saturated rings. The van der Waals surface area contributed by atoms with Crippen molar-refractivity contribution in [1.82, 2.24) is 4.98 Å². The zero-order valence-corrected chi connectivity index (χ0v) is 15.0. The third kappa shape index (κ3) is 3.55. The number of carbonyl (C=O) groups is 2. The maximum atomic E-state index is 12.9. The minimum Gasteiger partial charge on any atom is -0.312 e. The van der Waals surface area contributed by atoms with Crippen LogP contribution >= 0.6 is 11.3 Å². The fraction of sp³-hybridized carbons (Fsp3) is 0.389. The van der Waals surface area contributed by atoms with Gasteiger partial charge in [-0.3, -0.25) is 9.59 Å². The van der Waals surface area contributed by atoms with Gasteiger partial charge in [0.05, 0.1) is 17.2 Å². The lowest BCUT2D eigenvalue weighted by atomic mass is 10.1. The van der Waals surface area contributed by atoms with Crippen LogP contribution in [0.2, 0.25) is 0 Å². The van der Waals surface area contributed by atoms with E-state index in [-0.39, 0.29) is 30.5 Å². The van der Waals surface area contributed by atoms with E-state index < -0.39 is 17.7 Å². The Morgan fingerprint density at radius 1 is 1.30 bits per heavy atom. The van der Waals surface area contributed by atoms with E-state index in [9.17, 15) is 22.8 Å². The lowest BCUT2D eigenvalue weighted by Crippen LogP contribution is -2.28. The van der Waals surface area contributed by atoms with Crippen LogP contribution in [0.5, 0.6) is 0 Å². The molecule has 0 radical (unpaired) electrons.